The van der Waals surface area contributed by atoms with Crippen LogP contribution in [0.2, 0.25) is 0 Å². The minimum Gasteiger partial charge on any atom is -0.264 e. The van der Waals surface area contributed by atoms with Gasteiger partial charge in [-0.05, 0) is 24.5 Å². The van der Waals surface area contributed by atoms with Crippen LogP contribution in [0.3, 0.4) is 0 Å². The molecule has 0 heterocycles. The highest BCUT2D eigenvalue weighted by Crippen LogP contribution is 2.40. The van der Waals surface area contributed by atoms with Gasteiger partial charge in [0.1, 0.15) is 4.75 Å². The van der Waals surface area contributed by atoms with Crippen LogP contribution in [-0.2, 0) is 25.7 Å². The summed E-state index contributed by atoms with van der Waals surface area (Å²) < 4.78 is 30.4. The number of hydrogen-bond acceptors (Lipinski definition) is 3. The molecule has 2 aromatic rings. The van der Waals surface area contributed by atoms with Gasteiger partial charge < -0.3 is 0 Å². The summed E-state index contributed by atoms with van der Waals surface area (Å²) in [6, 6.07) is 18.6. The Balaban J connectivity index is 1.95. The molecule has 2 aromatic carbocycles. The molecule has 1 atom stereocenters. The molecule has 1 aliphatic carbocycles. The van der Waals surface area contributed by atoms with Crippen LogP contribution in [0.4, 0.5) is 0 Å². The fourth-order valence-electron chi connectivity index (χ4n) is 2.80. The molecule has 0 radical (unpaired) electrons. The van der Waals surface area contributed by atoms with Gasteiger partial charge in [-0.15, -0.1) is 0 Å². The van der Waals surface area contributed by atoms with E-state index in [-0.39, 0.29) is 6.61 Å². The zero-order valence-corrected chi connectivity index (χ0v) is 14.4. The molecule has 124 valence electrons. The molecule has 3 rings (SSSR count). The molecule has 0 N–H and O–H groups in total. The van der Waals surface area contributed by atoms with Crippen LogP contribution in [0, 0.1) is 0 Å². The molecular formula is C20H20O3S. The first kappa shape index (κ1) is 16.7. The molecule has 24 heavy (non-hydrogen) atoms. The van der Waals surface area contributed by atoms with Gasteiger partial charge in [0.25, 0.3) is 10.1 Å². The highest BCUT2D eigenvalue weighted by atomic mass is 32.2. The molecule has 0 bridgehead atoms. The van der Waals surface area contributed by atoms with Crippen LogP contribution in [0.1, 0.15) is 24.5 Å². The second-order valence-corrected chi connectivity index (χ2v) is 7.82. The Hall–Kier alpha value is -2.17. The van der Waals surface area contributed by atoms with E-state index in [1.54, 1.807) is 6.08 Å². The van der Waals surface area contributed by atoms with Gasteiger partial charge in [0.2, 0.25) is 0 Å². The van der Waals surface area contributed by atoms with Crippen molar-refractivity contribution in [3.63, 3.8) is 0 Å². The van der Waals surface area contributed by atoms with Crippen molar-refractivity contribution in [2.24, 2.45) is 0 Å². The Morgan fingerprint density at radius 2 is 1.62 bits per heavy atom. The standard InChI is InChI=1S/C20H20O3S/c1-17-12-14-20(15-13-17,19-10-6-3-7-11-19)24(21,22)23-16-18-8-4-2-5-9-18/h2-14H,15-16H2,1H3. The monoisotopic (exact) mass is 340 g/mol. The predicted molar refractivity (Wildman–Crippen MR) is 95.8 cm³/mol. The quantitative estimate of drug-likeness (QED) is 0.761. The Morgan fingerprint density at radius 3 is 2.21 bits per heavy atom. The van der Waals surface area contributed by atoms with Crippen molar-refractivity contribution in [3.8, 4) is 0 Å². The summed E-state index contributed by atoms with van der Waals surface area (Å²) in [6.07, 6.45) is 5.91. The van der Waals surface area contributed by atoms with E-state index in [9.17, 15) is 8.42 Å². The maximum Gasteiger partial charge on any atom is 0.281 e. The molecule has 0 saturated heterocycles. The fraction of sp³-hybridized carbons (Fsp3) is 0.200. The van der Waals surface area contributed by atoms with E-state index in [1.165, 1.54) is 0 Å². The topological polar surface area (TPSA) is 43.4 Å². The van der Waals surface area contributed by atoms with Crippen molar-refractivity contribution in [2.45, 2.75) is 24.7 Å². The van der Waals surface area contributed by atoms with E-state index in [4.69, 9.17) is 4.18 Å². The van der Waals surface area contributed by atoms with E-state index < -0.39 is 14.9 Å². The Morgan fingerprint density at radius 1 is 1.00 bits per heavy atom. The third kappa shape index (κ3) is 3.21. The van der Waals surface area contributed by atoms with Crippen LogP contribution in [0.5, 0.6) is 0 Å². The lowest BCUT2D eigenvalue weighted by Crippen LogP contribution is -2.36. The minimum atomic E-state index is -3.85. The maximum atomic E-state index is 13.1. The molecule has 4 heteroatoms. The summed E-state index contributed by atoms with van der Waals surface area (Å²) in [6.45, 7) is 2.00. The van der Waals surface area contributed by atoms with Crippen molar-refractivity contribution in [1.82, 2.24) is 0 Å². The fourth-order valence-corrected chi connectivity index (χ4v) is 4.25. The zero-order valence-electron chi connectivity index (χ0n) is 13.6. The van der Waals surface area contributed by atoms with Crippen molar-refractivity contribution >= 4 is 10.1 Å². The molecule has 1 unspecified atom stereocenters. The van der Waals surface area contributed by atoms with E-state index in [1.807, 2.05) is 79.7 Å². The SMILES string of the molecule is CC1=CCC(c2ccccc2)(S(=O)(=O)OCc2ccccc2)C=C1. The average Bonchev–Trinajstić information content (AvgIpc) is 2.62. The van der Waals surface area contributed by atoms with Gasteiger partial charge in [0.15, 0.2) is 0 Å². The van der Waals surface area contributed by atoms with Crippen LogP contribution >= 0.6 is 0 Å². The van der Waals surface area contributed by atoms with E-state index in [0.717, 1.165) is 16.7 Å². The molecule has 0 amide bonds. The van der Waals surface area contributed by atoms with E-state index >= 15 is 0 Å². The van der Waals surface area contributed by atoms with Gasteiger partial charge in [0.05, 0.1) is 6.61 Å². The lowest BCUT2D eigenvalue weighted by atomic mass is 9.89. The summed E-state index contributed by atoms with van der Waals surface area (Å²) in [7, 11) is -3.85. The van der Waals surface area contributed by atoms with E-state index in [2.05, 4.69) is 0 Å². The first-order chi connectivity index (χ1) is 11.5. The van der Waals surface area contributed by atoms with Gasteiger partial charge in [0, 0.05) is 0 Å². The number of hydrogen-bond donors (Lipinski definition) is 0. The third-order valence-electron chi connectivity index (χ3n) is 4.27. The number of rotatable bonds is 5. The number of benzene rings is 2. The number of allylic oxidation sites excluding steroid dienone is 3. The van der Waals surface area contributed by atoms with Gasteiger partial charge in [-0.2, -0.15) is 8.42 Å². The lowest BCUT2D eigenvalue weighted by Gasteiger charge is -2.31. The summed E-state index contributed by atoms with van der Waals surface area (Å²) >= 11 is 0. The highest BCUT2D eigenvalue weighted by molar-refractivity contribution is 7.87. The molecule has 0 aliphatic heterocycles. The highest BCUT2D eigenvalue weighted by Gasteiger charge is 2.44. The van der Waals surface area contributed by atoms with Crippen LogP contribution in [0.25, 0.3) is 0 Å². The normalized spacial score (nSPS) is 20.6. The Labute approximate surface area is 143 Å². The molecule has 0 spiro atoms. The van der Waals surface area contributed by atoms with Gasteiger partial charge in [-0.1, -0.05) is 84.5 Å². The molecule has 0 fully saturated rings. The second kappa shape index (κ2) is 6.75. The van der Waals surface area contributed by atoms with Gasteiger partial charge >= 0.3 is 0 Å². The van der Waals surface area contributed by atoms with Crippen LogP contribution < -0.4 is 0 Å². The predicted octanol–water partition coefficient (Wildman–Crippen LogP) is 4.33. The summed E-state index contributed by atoms with van der Waals surface area (Å²) in [5, 5.41) is 0. The maximum absolute atomic E-state index is 13.1. The van der Waals surface area contributed by atoms with Crippen LogP contribution in [-0.4, -0.2) is 8.42 Å². The van der Waals surface area contributed by atoms with Crippen molar-refractivity contribution in [1.29, 1.82) is 0 Å². The molecule has 0 saturated carbocycles. The summed E-state index contributed by atoms with van der Waals surface area (Å²) in [4.78, 5) is 0. The van der Waals surface area contributed by atoms with Crippen molar-refractivity contribution in [3.05, 3.63) is 95.6 Å². The molecule has 0 aromatic heterocycles. The first-order valence-electron chi connectivity index (χ1n) is 7.88. The summed E-state index contributed by atoms with van der Waals surface area (Å²) in [5.41, 5.74) is 2.61. The molecule has 3 nitrogen and oxygen atoms in total. The first-order valence-corrected chi connectivity index (χ1v) is 9.29. The van der Waals surface area contributed by atoms with Crippen molar-refractivity contribution < 1.29 is 12.6 Å². The Kier molecular flexibility index (Phi) is 4.69. The molecular weight excluding hydrogens is 320 g/mol. The third-order valence-corrected chi connectivity index (χ3v) is 6.13. The zero-order chi connectivity index (χ0) is 17.0. The summed E-state index contributed by atoms with van der Waals surface area (Å²) in [5.74, 6) is 0. The largest absolute Gasteiger partial charge is 0.281 e. The van der Waals surface area contributed by atoms with Crippen molar-refractivity contribution in [2.75, 3.05) is 0 Å². The lowest BCUT2D eigenvalue weighted by molar-refractivity contribution is 0.293. The van der Waals surface area contributed by atoms with Gasteiger partial charge in [-0.25, -0.2) is 0 Å². The second-order valence-electron chi connectivity index (χ2n) is 5.94. The van der Waals surface area contributed by atoms with Gasteiger partial charge in [-0.3, -0.25) is 4.18 Å². The average molecular weight is 340 g/mol. The minimum absolute atomic E-state index is 0.0360. The smallest absolute Gasteiger partial charge is 0.264 e. The van der Waals surface area contributed by atoms with E-state index in [0.29, 0.717) is 6.42 Å². The Bertz CT molecular complexity index is 852. The van der Waals surface area contributed by atoms with Crippen LogP contribution in [0.15, 0.2) is 84.5 Å². The molecule has 1 aliphatic rings.